The summed E-state index contributed by atoms with van der Waals surface area (Å²) in [5.41, 5.74) is 7.76. The van der Waals surface area contributed by atoms with Crippen LogP contribution in [0.4, 0.5) is 0 Å². The normalized spacial score (nSPS) is 23.1. The molecule has 22 heavy (non-hydrogen) atoms. The maximum atomic E-state index is 11.2. The highest BCUT2D eigenvalue weighted by Crippen LogP contribution is 2.28. The van der Waals surface area contributed by atoms with Gasteiger partial charge in [0.2, 0.25) is 5.91 Å². The number of hydrogen-bond donors (Lipinski definition) is 1. The standard InChI is InChI=1S/C18H23N3O/c22-18-7-6-17(19-20-18)15-5-4-13-8-10-21(16-2-1-3-16)11-9-14(13)12-15/h4-5,12,16H,1-3,6-11H2,(H,20,22). The van der Waals surface area contributed by atoms with Gasteiger partial charge in [-0.2, -0.15) is 5.10 Å². The molecular weight excluding hydrogens is 274 g/mol. The molecule has 116 valence electrons. The van der Waals surface area contributed by atoms with Gasteiger partial charge in [-0.1, -0.05) is 18.6 Å². The number of nitrogens with zero attached hydrogens (tertiary/aromatic N) is 2. The topological polar surface area (TPSA) is 44.7 Å². The lowest BCUT2D eigenvalue weighted by molar-refractivity contribution is -0.121. The summed E-state index contributed by atoms with van der Waals surface area (Å²) in [5, 5.41) is 4.23. The number of fused-ring (bicyclic) bond motifs is 1. The summed E-state index contributed by atoms with van der Waals surface area (Å²) in [5.74, 6) is 0.0228. The molecule has 0 radical (unpaired) electrons. The van der Waals surface area contributed by atoms with E-state index in [1.165, 1.54) is 49.0 Å². The van der Waals surface area contributed by atoms with Crippen LogP contribution in [0.25, 0.3) is 0 Å². The van der Waals surface area contributed by atoms with Crippen LogP contribution in [0.15, 0.2) is 23.3 Å². The fourth-order valence-corrected chi connectivity index (χ4v) is 3.72. The van der Waals surface area contributed by atoms with Gasteiger partial charge in [-0.3, -0.25) is 9.69 Å². The van der Waals surface area contributed by atoms with E-state index in [9.17, 15) is 4.79 Å². The number of benzene rings is 1. The Bertz CT molecular complexity index is 619. The molecular formula is C18H23N3O. The van der Waals surface area contributed by atoms with Crippen LogP contribution in [0.2, 0.25) is 0 Å². The molecule has 1 aromatic rings. The highest BCUT2D eigenvalue weighted by Gasteiger charge is 2.26. The smallest absolute Gasteiger partial charge is 0.240 e. The highest BCUT2D eigenvalue weighted by atomic mass is 16.2. The van der Waals surface area contributed by atoms with Crippen molar-refractivity contribution in [2.45, 2.75) is 51.0 Å². The lowest BCUT2D eigenvalue weighted by Crippen LogP contribution is -2.41. The minimum Gasteiger partial charge on any atom is -0.300 e. The van der Waals surface area contributed by atoms with Crippen LogP contribution in [0.1, 0.15) is 48.8 Å². The van der Waals surface area contributed by atoms with Crippen molar-refractivity contribution in [2.75, 3.05) is 13.1 Å². The molecule has 1 aliphatic carbocycles. The Kier molecular flexibility index (Phi) is 3.70. The molecule has 0 saturated heterocycles. The fourth-order valence-electron chi connectivity index (χ4n) is 3.72. The van der Waals surface area contributed by atoms with E-state index in [2.05, 4.69) is 33.6 Å². The molecule has 0 aromatic heterocycles. The van der Waals surface area contributed by atoms with Gasteiger partial charge < -0.3 is 0 Å². The van der Waals surface area contributed by atoms with Gasteiger partial charge in [0.1, 0.15) is 0 Å². The zero-order valence-electron chi connectivity index (χ0n) is 13.0. The average molecular weight is 297 g/mol. The van der Waals surface area contributed by atoms with Crippen molar-refractivity contribution in [1.29, 1.82) is 0 Å². The van der Waals surface area contributed by atoms with Gasteiger partial charge in [0.05, 0.1) is 5.71 Å². The van der Waals surface area contributed by atoms with Gasteiger partial charge in [-0.05, 0) is 48.4 Å². The van der Waals surface area contributed by atoms with Crippen LogP contribution in [-0.2, 0) is 17.6 Å². The fraction of sp³-hybridized carbons (Fsp3) is 0.556. The second-order valence-electron chi connectivity index (χ2n) is 6.70. The molecule has 2 heterocycles. The lowest BCUT2D eigenvalue weighted by atomic mass is 9.91. The summed E-state index contributed by atoms with van der Waals surface area (Å²) >= 11 is 0. The number of hydrogen-bond acceptors (Lipinski definition) is 3. The summed E-state index contributed by atoms with van der Waals surface area (Å²) in [7, 11) is 0. The van der Waals surface area contributed by atoms with Crippen molar-refractivity contribution in [2.24, 2.45) is 5.10 Å². The lowest BCUT2D eigenvalue weighted by Gasteiger charge is -2.36. The highest BCUT2D eigenvalue weighted by molar-refractivity contribution is 6.04. The van der Waals surface area contributed by atoms with Crippen LogP contribution in [0.5, 0.6) is 0 Å². The molecule has 1 amide bonds. The maximum Gasteiger partial charge on any atom is 0.240 e. The van der Waals surface area contributed by atoms with Gasteiger partial charge in [0.25, 0.3) is 0 Å². The van der Waals surface area contributed by atoms with Crippen molar-refractivity contribution in [1.82, 2.24) is 10.3 Å². The third kappa shape index (κ3) is 2.68. The third-order valence-corrected chi connectivity index (χ3v) is 5.37. The Morgan fingerprint density at radius 2 is 1.86 bits per heavy atom. The molecule has 4 nitrogen and oxygen atoms in total. The third-order valence-electron chi connectivity index (χ3n) is 5.37. The first-order valence-corrected chi connectivity index (χ1v) is 8.51. The quantitative estimate of drug-likeness (QED) is 0.910. The van der Waals surface area contributed by atoms with Gasteiger partial charge in [0.15, 0.2) is 0 Å². The molecule has 1 fully saturated rings. The Hall–Kier alpha value is -1.68. The zero-order chi connectivity index (χ0) is 14.9. The summed E-state index contributed by atoms with van der Waals surface area (Å²) in [6.45, 7) is 2.39. The first-order chi connectivity index (χ1) is 10.8. The predicted octanol–water partition coefficient (Wildman–Crippen LogP) is 2.25. The first kappa shape index (κ1) is 13.9. The Labute approximate surface area is 131 Å². The Morgan fingerprint density at radius 1 is 1.05 bits per heavy atom. The number of rotatable bonds is 2. The van der Waals surface area contributed by atoms with E-state index < -0.39 is 0 Å². The van der Waals surface area contributed by atoms with Crippen molar-refractivity contribution >= 4 is 11.6 Å². The average Bonchev–Trinajstić information content (AvgIpc) is 2.69. The molecule has 0 spiro atoms. The monoisotopic (exact) mass is 297 g/mol. The summed E-state index contributed by atoms with van der Waals surface area (Å²) in [6.07, 6.45) is 7.78. The molecule has 1 N–H and O–H groups in total. The summed E-state index contributed by atoms with van der Waals surface area (Å²) in [6, 6.07) is 7.59. The van der Waals surface area contributed by atoms with E-state index >= 15 is 0 Å². The number of hydrazone groups is 1. The van der Waals surface area contributed by atoms with Crippen LogP contribution in [-0.4, -0.2) is 35.7 Å². The van der Waals surface area contributed by atoms with E-state index in [-0.39, 0.29) is 5.91 Å². The number of amides is 1. The van der Waals surface area contributed by atoms with Crippen LogP contribution < -0.4 is 5.43 Å². The first-order valence-electron chi connectivity index (χ1n) is 8.51. The molecule has 1 aromatic carbocycles. The SMILES string of the molecule is O=C1CCC(c2ccc3c(c2)CCN(C2CCC2)CC3)=NN1. The largest absolute Gasteiger partial charge is 0.300 e. The molecule has 0 atom stereocenters. The van der Waals surface area contributed by atoms with E-state index in [0.29, 0.717) is 6.42 Å². The second-order valence-corrected chi connectivity index (χ2v) is 6.70. The number of carbonyl (C=O) groups excluding carboxylic acids is 1. The Balaban J connectivity index is 1.52. The van der Waals surface area contributed by atoms with E-state index in [0.717, 1.165) is 31.0 Å². The van der Waals surface area contributed by atoms with E-state index in [1.807, 2.05) is 0 Å². The molecule has 0 bridgehead atoms. The van der Waals surface area contributed by atoms with E-state index in [4.69, 9.17) is 0 Å². The molecule has 1 saturated carbocycles. The van der Waals surface area contributed by atoms with Gasteiger partial charge >= 0.3 is 0 Å². The van der Waals surface area contributed by atoms with Crippen molar-refractivity contribution < 1.29 is 4.79 Å². The van der Waals surface area contributed by atoms with Gasteiger partial charge in [0, 0.05) is 32.0 Å². The Morgan fingerprint density at radius 3 is 2.55 bits per heavy atom. The molecule has 2 aliphatic heterocycles. The molecule has 3 aliphatic rings. The summed E-state index contributed by atoms with van der Waals surface area (Å²) in [4.78, 5) is 13.9. The molecule has 0 unspecified atom stereocenters. The van der Waals surface area contributed by atoms with Gasteiger partial charge in [-0.25, -0.2) is 5.43 Å². The minimum absolute atomic E-state index is 0.0228. The second kappa shape index (κ2) is 5.84. The molecule has 4 heteroatoms. The van der Waals surface area contributed by atoms with Crippen LogP contribution in [0, 0.1) is 0 Å². The number of carbonyl (C=O) groups is 1. The van der Waals surface area contributed by atoms with Crippen molar-refractivity contribution in [3.05, 3.63) is 34.9 Å². The van der Waals surface area contributed by atoms with Crippen molar-refractivity contribution in [3.63, 3.8) is 0 Å². The number of nitrogens with one attached hydrogen (secondary N) is 1. The predicted molar refractivity (Wildman–Crippen MR) is 87.0 cm³/mol. The van der Waals surface area contributed by atoms with Gasteiger partial charge in [-0.15, -0.1) is 0 Å². The summed E-state index contributed by atoms with van der Waals surface area (Å²) < 4.78 is 0. The van der Waals surface area contributed by atoms with Crippen molar-refractivity contribution in [3.8, 4) is 0 Å². The molecule has 4 rings (SSSR count). The van der Waals surface area contributed by atoms with Crippen LogP contribution in [0.3, 0.4) is 0 Å². The van der Waals surface area contributed by atoms with Crippen LogP contribution >= 0.6 is 0 Å². The minimum atomic E-state index is 0.0228. The van der Waals surface area contributed by atoms with E-state index in [1.54, 1.807) is 0 Å². The zero-order valence-corrected chi connectivity index (χ0v) is 13.0. The maximum absolute atomic E-state index is 11.2.